The highest BCUT2D eigenvalue weighted by molar-refractivity contribution is 5.77. The van der Waals surface area contributed by atoms with Gasteiger partial charge in [-0.25, -0.2) is 14.4 Å². The number of carbonyl (C=O) groups is 4. The molecule has 0 bridgehead atoms. The van der Waals surface area contributed by atoms with Gasteiger partial charge in [0, 0.05) is 37.2 Å². The molecule has 2 N–H and O–H groups in total. The fraction of sp³-hybridized carbons (Fsp3) is 0.273. The van der Waals surface area contributed by atoms with E-state index in [-0.39, 0.29) is 62.1 Å². The highest BCUT2D eigenvalue weighted by Gasteiger charge is 2.17. The molecular weight excluding hydrogens is 528 g/mol. The number of amides is 2. The Hall–Kier alpha value is -5.48. The molecule has 0 unspecified atom stereocenters. The number of rotatable bonds is 13. The third-order valence-corrected chi connectivity index (χ3v) is 4.63. The third-order valence-electron chi connectivity index (χ3n) is 4.63. The number of nitrogens with zero attached hydrogens (tertiary/aromatic N) is 3. The van der Waals surface area contributed by atoms with Gasteiger partial charge in [0.05, 0.1) is 22.9 Å². The highest BCUT2D eigenvalue weighted by Crippen LogP contribution is 2.18. The van der Waals surface area contributed by atoms with Crippen LogP contribution in [-0.2, 0) is 14.3 Å². The van der Waals surface area contributed by atoms with Crippen LogP contribution in [-0.4, -0.2) is 77.0 Å². The molecule has 0 aliphatic rings. The molecule has 0 aromatic heterocycles. The summed E-state index contributed by atoms with van der Waals surface area (Å²) in [5.41, 5.74) is -0.415. The quantitative estimate of drug-likeness (QED) is 0.158. The van der Waals surface area contributed by atoms with Crippen molar-refractivity contribution in [2.75, 3.05) is 32.8 Å². The predicted octanol–water partition coefficient (Wildman–Crippen LogP) is 2.72. The second-order valence-electron chi connectivity index (χ2n) is 7.27. The predicted molar refractivity (Wildman–Crippen MR) is 127 cm³/mol. The van der Waals surface area contributed by atoms with Gasteiger partial charge in [-0.05, 0) is 24.3 Å². The number of carboxylic acid groups (broad SMARTS) is 1. The molecule has 2 aromatic carbocycles. The molecule has 39 heavy (non-hydrogen) atoms. The van der Waals surface area contributed by atoms with E-state index in [1.54, 1.807) is 0 Å². The molecule has 0 saturated carbocycles. The number of nitrogens with one attached hydrogen (secondary N) is 1. The first-order valence-electron chi connectivity index (χ1n) is 11.0. The SMILES string of the molecule is O=C(O)NCCC(=O)N(CCOC(=O)Oc1ccc([N+](=O)[O-])cc1)CCOC(=O)Oc1ccc([N+](=O)[O-])cc1. The molecule has 17 heteroatoms. The Balaban J connectivity index is 1.84. The van der Waals surface area contributed by atoms with Gasteiger partial charge in [0.2, 0.25) is 5.91 Å². The summed E-state index contributed by atoms with van der Waals surface area (Å²) in [6.45, 7) is -1.25. The van der Waals surface area contributed by atoms with E-state index in [9.17, 15) is 39.4 Å². The summed E-state index contributed by atoms with van der Waals surface area (Å²) in [5, 5.41) is 32.0. The largest absolute Gasteiger partial charge is 0.513 e. The van der Waals surface area contributed by atoms with Crippen LogP contribution in [0.3, 0.4) is 0 Å². The first-order chi connectivity index (χ1) is 18.5. The van der Waals surface area contributed by atoms with Crippen LogP contribution in [0.25, 0.3) is 0 Å². The fourth-order valence-corrected chi connectivity index (χ4v) is 2.80. The van der Waals surface area contributed by atoms with Gasteiger partial charge in [0.15, 0.2) is 0 Å². The summed E-state index contributed by atoms with van der Waals surface area (Å²) >= 11 is 0. The summed E-state index contributed by atoms with van der Waals surface area (Å²) in [4.78, 5) is 68.1. The molecule has 0 aliphatic heterocycles. The Kier molecular flexibility index (Phi) is 11.4. The number of hydrogen-bond donors (Lipinski definition) is 2. The van der Waals surface area contributed by atoms with Crippen molar-refractivity contribution < 1.29 is 53.1 Å². The minimum absolute atomic E-state index is 0.0155. The topological polar surface area (TPSA) is 227 Å². The lowest BCUT2D eigenvalue weighted by atomic mass is 10.3. The van der Waals surface area contributed by atoms with Crippen LogP contribution < -0.4 is 14.8 Å². The van der Waals surface area contributed by atoms with E-state index in [4.69, 9.17) is 24.1 Å². The van der Waals surface area contributed by atoms with Gasteiger partial charge in [0.25, 0.3) is 11.4 Å². The molecule has 2 rings (SSSR count). The fourth-order valence-electron chi connectivity index (χ4n) is 2.80. The smallest absolute Gasteiger partial charge is 0.465 e. The second-order valence-corrected chi connectivity index (χ2v) is 7.27. The molecular formula is C22H22N4O13. The average molecular weight is 550 g/mol. The standard InChI is InChI=1S/C22H22N4O13/c27-19(9-10-23-20(28)29)24(11-13-36-21(30)38-17-5-1-15(2-6-17)25(32)33)12-14-37-22(31)39-18-7-3-16(4-8-18)26(34)35/h1-8,23H,9-14H2,(H,28,29). The van der Waals surface area contributed by atoms with Crippen LogP contribution in [0.2, 0.25) is 0 Å². The van der Waals surface area contributed by atoms with Crippen LogP contribution in [0.1, 0.15) is 6.42 Å². The lowest BCUT2D eigenvalue weighted by molar-refractivity contribution is -0.385. The van der Waals surface area contributed by atoms with Crippen molar-refractivity contribution in [3.63, 3.8) is 0 Å². The minimum Gasteiger partial charge on any atom is -0.465 e. The third kappa shape index (κ3) is 11.0. The Morgan fingerprint density at radius 2 is 1.18 bits per heavy atom. The number of non-ortho nitro benzene ring substituents is 2. The zero-order valence-electron chi connectivity index (χ0n) is 20.0. The summed E-state index contributed by atoms with van der Waals surface area (Å²) in [6, 6.07) is 9.27. The van der Waals surface area contributed by atoms with Gasteiger partial charge in [-0.3, -0.25) is 25.0 Å². The van der Waals surface area contributed by atoms with Crippen molar-refractivity contribution in [3.05, 3.63) is 68.8 Å². The Morgan fingerprint density at radius 1 is 0.769 bits per heavy atom. The number of nitro benzene ring substituents is 2. The molecule has 0 saturated heterocycles. The summed E-state index contributed by atoms with van der Waals surface area (Å²) < 4.78 is 19.6. The van der Waals surface area contributed by atoms with Gasteiger partial charge in [-0.1, -0.05) is 0 Å². The van der Waals surface area contributed by atoms with E-state index < -0.39 is 34.2 Å². The van der Waals surface area contributed by atoms with Gasteiger partial charge >= 0.3 is 18.4 Å². The summed E-state index contributed by atoms with van der Waals surface area (Å²) in [7, 11) is 0. The summed E-state index contributed by atoms with van der Waals surface area (Å²) in [6.07, 6.45) is -3.87. The van der Waals surface area contributed by atoms with E-state index in [2.05, 4.69) is 0 Å². The molecule has 0 fully saturated rings. The number of hydrogen-bond acceptors (Lipinski definition) is 12. The maximum Gasteiger partial charge on any atom is 0.513 e. The highest BCUT2D eigenvalue weighted by atomic mass is 16.7. The van der Waals surface area contributed by atoms with Crippen LogP contribution in [0, 0.1) is 20.2 Å². The Morgan fingerprint density at radius 3 is 1.54 bits per heavy atom. The van der Waals surface area contributed by atoms with E-state index in [1.165, 1.54) is 24.3 Å². The van der Waals surface area contributed by atoms with E-state index in [0.717, 1.165) is 29.2 Å². The maximum atomic E-state index is 12.5. The monoisotopic (exact) mass is 550 g/mol. The number of benzene rings is 2. The van der Waals surface area contributed by atoms with Gasteiger partial charge in [-0.15, -0.1) is 0 Å². The van der Waals surface area contributed by atoms with Gasteiger partial charge < -0.3 is 34.3 Å². The van der Waals surface area contributed by atoms with Crippen LogP contribution in [0.15, 0.2) is 48.5 Å². The molecule has 2 amide bonds. The first kappa shape index (κ1) is 29.7. The maximum absolute atomic E-state index is 12.5. The van der Waals surface area contributed by atoms with Crippen LogP contribution >= 0.6 is 0 Å². The van der Waals surface area contributed by atoms with Crippen molar-refractivity contribution >= 4 is 35.7 Å². The number of ether oxygens (including phenoxy) is 4. The molecule has 17 nitrogen and oxygen atoms in total. The molecule has 208 valence electrons. The number of carbonyl (C=O) groups excluding carboxylic acids is 3. The summed E-state index contributed by atoms with van der Waals surface area (Å²) in [5.74, 6) is -0.583. The Bertz CT molecular complexity index is 1110. The van der Waals surface area contributed by atoms with Crippen molar-refractivity contribution in [2.24, 2.45) is 0 Å². The number of nitro groups is 2. The van der Waals surface area contributed by atoms with Crippen LogP contribution in [0.5, 0.6) is 11.5 Å². The molecule has 0 aliphatic carbocycles. The lowest BCUT2D eigenvalue weighted by Gasteiger charge is -2.22. The zero-order valence-corrected chi connectivity index (χ0v) is 20.0. The minimum atomic E-state index is -1.33. The van der Waals surface area contributed by atoms with Crippen molar-refractivity contribution in [1.29, 1.82) is 0 Å². The molecule has 2 aromatic rings. The van der Waals surface area contributed by atoms with Gasteiger partial charge in [-0.2, -0.15) is 0 Å². The van der Waals surface area contributed by atoms with Crippen LogP contribution in [0.4, 0.5) is 25.8 Å². The normalized spacial score (nSPS) is 10.1. The lowest BCUT2D eigenvalue weighted by Crippen LogP contribution is -2.39. The van der Waals surface area contributed by atoms with Crippen molar-refractivity contribution in [3.8, 4) is 11.5 Å². The molecule has 0 radical (unpaired) electrons. The van der Waals surface area contributed by atoms with E-state index in [1.807, 2.05) is 5.32 Å². The molecule has 0 atom stereocenters. The molecule has 0 spiro atoms. The Labute approximate surface area is 219 Å². The average Bonchev–Trinajstić information content (AvgIpc) is 2.88. The van der Waals surface area contributed by atoms with Crippen molar-refractivity contribution in [2.45, 2.75) is 6.42 Å². The molecule has 0 heterocycles. The van der Waals surface area contributed by atoms with E-state index in [0.29, 0.717) is 0 Å². The van der Waals surface area contributed by atoms with Gasteiger partial charge in [0.1, 0.15) is 24.7 Å². The first-order valence-corrected chi connectivity index (χ1v) is 11.0. The second kappa shape index (κ2) is 14.9. The van der Waals surface area contributed by atoms with Crippen molar-refractivity contribution in [1.82, 2.24) is 10.2 Å². The zero-order chi connectivity index (χ0) is 28.8. The van der Waals surface area contributed by atoms with E-state index >= 15 is 0 Å².